The van der Waals surface area contributed by atoms with E-state index >= 15 is 0 Å². The minimum absolute atomic E-state index is 0.00984. The van der Waals surface area contributed by atoms with Crippen molar-refractivity contribution in [2.75, 3.05) is 20.1 Å². The summed E-state index contributed by atoms with van der Waals surface area (Å²) >= 11 is 0. The van der Waals surface area contributed by atoms with Crippen molar-refractivity contribution in [2.45, 2.75) is 44.2 Å². The third-order valence-corrected chi connectivity index (χ3v) is 5.49. The van der Waals surface area contributed by atoms with E-state index in [0.29, 0.717) is 18.2 Å². The molecule has 3 fully saturated rings. The number of hydrogen-bond acceptors (Lipinski definition) is 3. The van der Waals surface area contributed by atoms with Gasteiger partial charge in [0.2, 0.25) is 5.91 Å². The summed E-state index contributed by atoms with van der Waals surface area (Å²) in [7, 11) is 1.83. The van der Waals surface area contributed by atoms with E-state index in [1.165, 1.54) is 6.42 Å². The van der Waals surface area contributed by atoms with Crippen molar-refractivity contribution < 1.29 is 9.59 Å². The number of hydrogen-bond donors (Lipinski definition) is 0. The molecule has 0 radical (unpaired) electrons. The summed E-state index contributed by atoms with van der Waals surface area (Å²) in [5.74, 6) is 0.209. The molecule has 2 atom stereocenters. The number of aromatic nitrogens is 2. The smallest absolute Gasteiger partial charge is 0.257 e. The summed E-state index contributed by atoms with van der Waals surface area (Å²) in [5, 5.41) is 4.36. The van der Waals surface area contributed by atoms with Gasteiger partial charge in [-0.1, -0.05) is 0 Å². The first-order chi connectivity index (χ1) is 10.6. The Bertz CT molecular complexity index is 607. The molecule has 3 aliphatic rings. The van der Waals surface area contributed by atoms with Crippen molar-refractivity contribution in [3.05, 3.63) is 18.0 Å². The predicted octanol–water partition coefficient (Wildman–Crippen LogP) is 1.30. The number of carbonyl (C=O) groups excluding carboxylic acids is 2. The monoisotopic (exact) mass is 302 g/mol. The number of fused-ring (bicyclic) bond motifs is 1. The molecule has 22 heavy (non-hydrogen) atoms. The summed E-state index contributed by atoms with van der Waals surface area (Å²) in [6.07, 6.45) is 8.94. The Kier molecular flexibility index (Phi) is 3.20. The first-order valence-corrected chi connectivity index (χ1v) is 8.25. The maximum atomic E-state index is 12.8. The van der Waals surface area contributed by atoms with Gasteiger partial charge in [0.15, 0.2) is 0 Å². The van der Waals surface area contributed by atoms with Gasteiger partial charge in [-0.3, -0.25) is 14.3 Å². The number of nitrogens with zero attached hydrogens (tertiary/aromatic N) is 4. The second-order valence-electron chi connectivity index (χ2n) is 6.83. The molecule has 0 aromatic carbocycles. The zero-order valence-electron chi connectivity index (χ0n) is 12.9. The van der Waals surface area contributed by atoms with Crippen LogP contribution < -0.4 is 0 Å². The van der Waals surface area contributed by atoms with Crippen LogP contribution in [-0.2, 0) is 4.79 Å². The summed E-state index contributed by atoms with van der Waals surface area (Å²) in [6.45, 7) is 1.40. The van der Waals surface area contributed by atoms with E-state index in [4.69, 9.17) is 0 Å². The molecule has 1 saturated carbocycles. The summed E-state index contributed by atoms with van der Waals surface area (Å²) < 4.78 is 1.93. The fourth-order valence-corrected chi connectivity index (χ4v) is 3.94. The average Bonchev–Trinajstić information content (AvgIpc) is 3.03. The Morgan fingerprint density at radius 1 is 1.27 bits per heavy atom. The minimum Gasteiger partial charge on any atom is -0.343 e. The van der Waals surface area contributed by atoms with E-state index < -0.39 is 0 Å². The van der Waals surface area contributed by atoms with Crippen molar-refractivity contribution in [3.63, 3.8) is 0 Å². The van der Waals surface area contributed by atoms with Crippen LogP contribution in [0.25, 0.3) is 0 Å². The van der Waals surface area contributed by atoms with Crippen molar-refractivity contribution in [1.29, 1.82) is 0 Å². The summed E-state index contributed by atoms with van der Waals surface area (Å²) in [5.41, 5.74) is 0.662. The van der Waals surface area contributed by atoms with Gasteiger partial charge in [-0.2, -0.15) is 5.10 Å². The zero-order valence-corrected chi connectivity index (χ0v) is 12.9. The molecule has 0 N–H and O–H groups in total. The highest BCUT2D eigenvalue weighted by Crippen LogP contribution is 2.33. The second-order valence-corrected chi connectivity index (χ2v) is 6.83. The van der Waals surface area contributed by atoms with Crippen LogP contribution in [0.4, 0.5) is 0 Å². The molecule has 2 saturated heterocycles. The standard InChI is InChI=1S/C16H22N4O2/c1-18-10-14-13(16(18)22)6-3-7-19(14)15(21)11-8-17-20(9-11)12-4-2-5-12/h8-9,12-14H,2-7,10H2,1H3/t13-,14-/m1/s1. The fraction of sp³-hybridized carbons (Fsp3) is 0.688. The Labute approximate surface area is 130 Å². The van der Waals surface area contributed by atoms with E-state index in [1.807, 2.05) is 22.8 Å². The van der Waals surface area contributed by atoms with Gasteiger partial charge in [0.05, 0.1) is 29.8 Å². The normalized spacial score (nSPS) is 28.7. The van der Waals surface area contributed by atoms with Crippen LogP contribution in [0.3, 0.4) is 0 Å². The number of piperidine rings is 1. The van der Waals surface area contributed by atoms with Crippen LogP contribution in [0.15, 0.2) is 12.4 Å². The fourth-order valence-electron chi connectivity index (χ4n) is 3.94. The molecule has 2 aliphatic heterocycles. The van der Waals surface area contributed by atoms with Gasteiger partial charge in [0, 0.05) is 26.3 Å². The topological polar surface area (TPSA) is 58.4 Å². The van der Waals surface area contributed by atoms with Crippen LogP contribution in [-0.4, -0.2) is 57.6 Å². The maximum Gasteiger partial charge on any atom is 0.257 e. The van der Waals surface area contributed by atoms with E-state index in [-0.39, 0.29) is 23.8 Å². The minimum atomic E-state index is -0.00984. The quantitative estimate of drug-likeness (QED) is 0.827. The first kappa shape index (κ1) is 13.8. The molecule has 1 aromatic heterocycles. The van der Waals surface area contributed by atoms with Gasteiger partial charge >= 0.3 is 0 Å². The molecular weight excluding hydrogens is 280 g/mol. The Hall–Kier alpha value is -1.85. The molecule has 1 aromatic rings. The van der Waals surface area contributed by atoms with Crippen LogP contribution in [0.1, 0.15) is 48.5 Å². The number of likely N-dealkylation sites (N-methyl/N-ethyl adjacent to an activating group) is 1. The average molecular weight is 302 g/mol. The molecule has 2 amide bonds. The molecule has 0 unspecified atom stereocenters. The lowest BCUT2D eigenvalue weighted by molar-refractivity contribution is -0.130. The van der Waals surface area contributed by atoms with Gasteiger partial charge in [0.25, 0.3) is 5.91 Å². The molecule has 0 bridgehead atoms. The largest absolute Gasteiger partial charge is 0.343 e. The number of carbonyl (C=O) groups is 2. The molecular formula is C16H22N4O2. The summed E-state index contributed by atoms with van der Waals surface area (Å²) in [6, 6.07) is 0.501. The number of rotatable bonds is 2. The molecule has 6 nitrogen and oxygen atoms in total. The Morgan fingerprint density at radius 2 is 2.09 bits per heavy atom. The molecule has 4 rings (SSSR count). The highest BCUT2D eigenvalue weighted by molar-refractivity contribution is 5.95. The SMILES string of the molecule is CN1C[C@@H]2[C@@H](CCCN2C(=O)c2cnn(C3CCC3)c2)C1=O. The lowest BCUT2D eigenvalue weighted by atomic mass is 9.91. The number of likely N-dealkylation sites (tertiary alicyclic amines) is 2. The second kappa shape index (κ2) is 5.11. The Balaban J connectivity index is 1.54. The van der Waals surface area contributed by atoms with Crippen molar-refractivity contribution >= 4 is 11.8 Å². The molecule has 118 valence electrons. The van der Waals surface area contributed by atoms with Gasteiger partial charge in [-0.25, -0.2) is 0 Å². The third kappa shape index (κ3) is 2.04. The van der Waals surface area contributed by atoms with Crippen molar-refractivity contribution in [3.8, 4) is 0 Å². The molecule has 0 spiro atoms. The van der Waals surface area contributed by atoms with E-state index in [1.54, 1.807) is 11.1 Å². The van der Waals surface area contributed by atoms with Gasteiger partial charge in [-0.05, 0) is 32.1 Å². The van der Waals surface area contributed by atoms with Gasteiger partial charge < -0.3 is 9.80 Å². The van der Waals surface area contributed by atoms with Crippen LogP contribution in [0.5, 0.6) is 0 Å². The van der Waals surface area contributed by atoms with Crippen LogP contribution in [0, 0.1) is 5.92 Å². The van der Waals surface area contributed by atoms with Gasteiger partial charge in [-0.15, -0.1) is 0 Å². The van der Waals surface area contributed by atoms with E-state index in [2.05, 4.69) is 5.10 Å². The maximum absolute atomic E-state index is 12.8. The zero-order chi connectivity index (χ0) is 15.3. The van der Waals surface area contributed by atoms with E-state index in [0.717, 1.165) is 32.2 Å². The first-order valence-electron chi connectivity index (χ1n) is 8.25. The predicted molar refractivity (Wildman–Crippen MR) is 80.3 cm³/mol. The van der Waals surface area contributed by atoms with Crippen LogP contribution in [0.2, 0.25) is 0 Å². The van der Waals surface area contributed by atoms with Crippen molar-refractivity contribution in [1.82, 2.24) is 19.6 Å². The molecule has 3 heterocycles. The molecule has 1 aliphatic carbocycles. The number of amides is 2. The van der Waals surface area contributed by atoms with Crippen molar-refractivity contribution in [2.24, 2.45) is 5.92 Å². The lowest BCUT2D eigenvalue weighted by Crippen LogP contribution is -2.48. The summed E-state index contributed by atoms with van der Waals surface area (Å²) in [4.78, 5) is 28.7. The highest BCUT2D eigenvalue weighted by Gasteiger charge is 2.45. The van der Waals surface area contributed by atoms with Crippen LogP contribution >= 0.6 is 0 Å². The highest BCUT2D eigenvalue weighted by atomic mass is 16.2. The lowest BCUT2D eigenvalue weighted by Gasteiger charge is -2.35. The van der Waals surface area contributed by atoms with E-state index in [9.17, 15) is 9.59 Å². The Morgan fingerprint density at radius 3 is 2.82 bits per heavy atom. The third-order valence-electron chi connectivity index (χ3n) is 5.49. The van der Waals surface area contributed by atoms with Gasteiger partial charge in [0.1, 0.15) is 0 Å². The molecule has 6 heteroatoms.